The molecule has 0 bridgehead atoms. The van der Waals surface area contributed by atoms with Gasteiger partial charge in [0, 0.05) is 12.7 Å². The van der Waals surface area contributed by atoms with Crippen LogP contribution in [0.1, 0.15) is 40.5 Å². The molecule has 1 aliphatic heterocycles. The molecule has 0 unspecified atom stereocenters. The normalized spacial score (nSPS) is 17.3. The fraction of sp³-hybridized carbons (Fsp3) is 0.227. The first-order valence-corrected chi connectivity index (χ1v) is 10.3. The molecule has 3 aromatic heterocycles. The number of benzene rings is 1. The minimum atomic E-state index is -0.130. The number of thiophene rings is 1. The molecule has 5 nitrogen and oxygen atoms in total. The second kappa shape index (κ2) is 6.87. The Hall–Kier alpha value is -2.99. The standard InChI is InChI=1S/C22H19N3O2S/c26-21-16-14-18(28-20(16)23-19-11-5-7-13-25(19)21)22(27)24-12-6-4-10-17(24)15-8-2-1-3-9-15/h1-3,5,7-9,11,13-14,17H,4,6,10,12H2/t17-/m0/s1. The summed E-state index contributed by atoms with van der Waals surface area (Å²) in [6, 6.07) is 17.5. The lowest BCUT2D eigenvalue weighted by molar-refractivity contribution is 0.0616. The highest BCUT2D eigenvalue weighted by Crippen LogP contribution is 2.33. The van der Waals surface area contributed by atoms with Crippen molar-refractivity contribution in [3.05, 3.63) is 81.6 Å². The first-order valence-electron chi connectivity index (χ1n) is 9.49. The van der Waals surface area contributed by atoms with Gasteiger partial charge in [-0.15, -0.1) is 11.3 Å². The van der Waals surface area contributed by atoms with Gasteiger partial charge in [0.05, 0.1) is 16.3 Å². The van der Waals surface area contributed by atoms with Crippen molar-refractivity contribution in [2.24, 2.45) is 0 Å². The lowest BCUT2D eigenvalue weighted by Gasteiger charge is -2.35. The van der Waals surface area contributed by atoms with E-state index in [4.69, 9.17) is 0 Å². The van der Waals surface area contributed by atoms with Crippen molar-refractivity contribution >= 4 is 33.1 Å². The van der Waals surface area contributed by atoms with Gasteiger partial charge in [-0.2, -0.15) is 0 Å². The third-order valence-corrected chi connectivity index (χ3v) is 6.39. The predicted molar refractivity (Wildman–Crippen MR) is 111 cm³/mol. The summed E-state index contributed by atoms with van der Waals surface area (Å²) in [6.07, 6.45) is 4.79. The minimum absolute atomic E-state index is 0.00925. The summed E-state index contributed by atoms with van der Waals surface area (Å²) in [5.41, 5.74) is 1.63. The molecular weight excluding hydrogens is 370 g/mol. The third-order valence-electron chi connectivity index (χ3n) is 5.37. The Morgan fingerprint density at radius 2 is 1.89 bits per heavy atom. The Bertz CT molecular complexity index is 1230. The third kappa shape index (κ3) is 2.81. The van der Waals surface area contributed by atoms with Crippen molar-refractivity contribution in [1.82, 2.24) is 14.3 Å². The van der Waals surface area contributed by atoms with Crippen LogP contribution in [-0.2, 0) is 0 Å². The van der Waals surface area contributed by atoms with Gasteiger partial charge in [0.25, 0.3) is 11.5 Å². The summed E-state index contributed by atoms with van der Waals surface area (Å²) in [6.45, 7) is 0.737. The summed E-state index contributed by atoms with van der Waals surface area (Å²) in [7, 11) is 0. The van der Waals surface area contributed by atoms with E-state index in [9.17, 15) is 9.59 Å². The largest absolute Gasteiger partial charge is 0.331 e. The second-order valence-corrected chi connectivity index (χ2v) is 8.13. The average Bonchev–Trinajstić information content (AvgIpc) is 3.18. The zero-order valence-electron chi connectivity index (χ0n) is 15.2. The maximum absolute atomic E-state index is 13.4. The van der Waals surface area contributed by atoms with Gasteiger partial charge in [0.1, 0.15) is 10.5 Å². The predicted octanol–water partition coefficient (Wildman–Crippen LogP) is 4.28. The molecule has 5 rings (SSSR count). The maximum Gasteiger partial charge on any atom is 0.266 e. The molecule has 28 heavy (non-hydrogen) atoms. The Kier molecular flexibility index (Phi) is 4.20. The molecule has 4 heterocycles. The zero-order valence-corrected chi connectivity index (χ0v) is 16.1. The number of fused-ring (bicyclic) bond motifs is 2. The number of amides is 1. The number of carbonyl (C=O) groups is 1. The number of piperidine rings is 1. The first kappa shape index (κ1) is 17.1. The summed E-state index contributed by atoms with van der Waals surface area (Å²) in [5, 5.41) is 0.505. The van der Waals surface area contributed by atoms with E-state index in [2.05, 4.69) is 17.1 Å². The Morgan fingerprint density at radius 1 is 1.07 bits per heavy atom. The van der Waals surface area contributed by atoms with Crippen LogP contribution in [0.4, 0.5) is 0 Å². The van der Waals surface area contributed by atoms with E-state index in [0.717, 1.165) is 25.8 Å². The van der Waals surface area contributed by atoms with Gasteiger partial charge in [0.2, 0.25) is 0 Å². The lowest BCUT2D eigenvalue weighted by Crippen LogP contribution is -2.38. The van der Waals surface area contributed by atoms with Gasteiger partial charge < -0.3 is 4.90 Å². The van der Waals surface area contributed by atoms with Crippen molar-refractivity contribution in [2.75, 3.05) is 6.54 Å². The van der Waals surface area contributed by atoms with E-state index in [0.29, 0.717) is 20.7 Å². The van der Waals surface area contributed by atoms with Crippen LogP contribution in [0.25, 0.3) is 15.9 Å². The van der Waals surface area contributed by atoms with Crippen molar-refractivity contribution in [1.29, 1.82) is 0 Å². The lowest BCUT2D eigenvalue weighted by atomic mass is 9.95. The molecule has 140 valence electrons. The maximum atomic E-state index is 13.4. The fourth-order valence-electron chi connectivity index (χ4n) is 3.99. The van der Waals surface area contributed by atoms with E-state index in [1.807, 2.05) is 29.2 Å². The fourth-order valence-corrected chi connectivity index (χ4v) is 4.98. The molecule has 1 aromatic carbocycles. The number of hydrogen-bond donors (Lipinski definition) is 0. The van der Waals surface area contributed by atoms with Gasteiger partial charge in [-0.1, -0.05) is 36.4 Å². The van der Waals surface area contributed by atoms with Gasteiger partial charge >= 0.3 is 0 Å². The van der Waals surface area contributed by atoms with Crippen molar-refractivity contribution in [2.45, 2.75) is 25.3 Å². The van der Waals surface area contributed by atoms with E-state index in [1.165, 1.54) is 21.3 Å². The first-order chi connectivity index (χ1) is 13.7. The zero-order chi connectivity index (χ0) is 19.1. The topological polar surface area (TPSA) is 54.7 Å². The Balaban J connectivity index is 1.57. The molecule has 1 aliphatic rings. The highest BCUT2D eigenvalue weighted by Gasteiger charge is 2.30. The summed E-state index contributed by atoms with van der Waals surface area (Å²) >= 11 is 1.31. The molecule has 0 aliphatic carbocycles. The molecule has 6 heteroatoms. The summed E-state index contributed by atoms with van der Waals surface area (Å²) < 4.78 is 1.52. The van der Waals surface area contributed by atoms with Gasteiger partial charge in [-0.05, 0) is 43.0 Å². The van der Waals surface area contributed by atoms with E-state index in [1.54, 1.807) is 24.4 Å². The monoisotopic (exact) mass is 389 g/mol. The van der Waals surface area contributed by atoms with Crippen LogP contribution >= 0.6 is 11.3 Å². The molecule has 1 amide bonds. The molecule has 1 saturated heterocycles. The van der Waals surface area contributed by atoms with Gasteiger partial charge in [-0.25, -0.2) is 4.98 Å². The van der Waals surface area contributed by atoms with Crippen LogP contribution in [0.3, 0.4) is 0 Å². The molecular formula is C22H19N3O2S. The van der Waals surface area contributed by atoms with Crippen molar-refractivity contribution < 1.29 is 4.79 Å². The molecule has 1 atom stereocenters. The van der Waals surface area contributed by atoms with Crippen LogP contribution < -0.4 is 5.56 Å². The number of aromatic nitrogens is 2. The number of nitrogens with zero attached hydrogens (tertiary/aromatic N) is 3. The molecule has 1 fully saturated rings. The molecule has 0 spiro atoms. The number of pyridine rings is 1. The van der Waals surface area contributed by atoms with Crippen LogP contribution in [-0.4, -0.2) is 26.7 Å². The van der Waals surface area contributed by atoms with Crippen molar-refractivity contribution in [3.63, 3.8) is 0 Å². The van der Waals surface area contributed by atoms with Gasteiger partial charge in [0.15, 0.2) is 0 Å². The minimum Gasteiger partial charge on any atom is -0.331 e. The quantitative estimate of drug-likeness (QED) is 0.514. The van der Waals surface area contributed by atoms with Crippen LogP contribution in [0.2, 0.25) is 0 Å². The smallest absolute Gasteiger partial charge is 0.266 e. The summed E-state index contributed by atoms with van der Waals surface area (Å²) in [5.74, 6) is -0.00925. The SMILES string of the molecule is O=C(c1cc2c(=O)n3ccccc3nc2s1)N1CCCC[C@H]1c1ccccc1. The molecule has 0 N–H and O–H groups in total. The second-order valence-electron chi connectivity index (χ2n) is 7.10. The number of rotatable bonds is 2. The Morgan fingerprint density at radius 3 is 2.75 bits per heavy atom. The van der Waals surface area contributed by atoms with Crippen LogP contribution in [0.5, 0.6) is 0 Å². The number of hydrogen-bond acceptors (Lipinski definition) is 4. The Labute approximate surface area is 165 Å². The van der Waals surface area contributed by atoms with Crippen LogP contribution in [0.15, 0.2) is 65.6 Å². The number of carbonyl (C=O) groups excluding carboxylic acids is 1. The highest BCUT2D eigenvalue weighted by atomic mass is 32.1. The van der Waals surface area contributed by atoms with Crippen LogP contribution in [0, 0.1) is 0 Å². The highest BCUT2D eigenvalue weighted by molar-refractivity contribution is 7.20. The van der Waals surface area contributed by atoms with E-state index in [-0.39, 0.29) is 17.5 Å². The van der Waals surface area contributed by atoms with E-state index >= 15 is 0 Å². The van der Waals surface area contributed by atoms with E-state index < -0.39 is 0 Å². The molecule has 0 saturated carbocycles. The molecule has 0 radical (unpaired) electrons. The average molecular weight is 389 g/mol. The van der Waals surface area contributed by atoms with Crippen molar-refractivity contribution in [3.8, 4) is 0 Å². The van der Waals surface area contributed by atoms with Gasteiger partial charge in [-0.3, -0.25) is 14.0 Å². The number of likely N-dealkylation sites (tertiary alicyclic amines) is 1. The summed E-state index contributed by atoms with van der Waals surface area (Å²) in [4.78, 5) is 33.9. The molecule has 4 aromatic rings.